The Balaban J connectivity index is 1.05. The number of para-hydroxylation sites is 4. The summed E-state index contributed by atoms with van der Waals surface area (Å²) in [6.45, 7) is 0. The lowest BCUT2D eigenvalue weighted by molar-refractivity contribution is 0.262. The van der Waals surface area contributed by atoms with Gasteiger partial charge in [0.05, 0.1) is 33.7 Å². The zero-order valence-electron chi connectivity index (χ0n) is 30.8. The van der Waals surface area contributed by atoms with Crippen molar-refractivity contribution in [2.24, 2.45) is 9.98 Å². The van der Waals surface area contributed by atoms with Gasteiger partial charge in [0, 0.05) is 43.9 Å². The number of ether oxygens (including phenoxy) is 1. The van der Waals surface area contributed by atoms with Crippen LogP contribution in [0.1, 0.15) is 22.6 Å². The van der Waals surface area contributed by atoms with Gasteiger partial charge in [-0.05, 0) is 54.1 Å². The van der Waals surface area contributed by atoms with Crippen molar-refractivity contribution in [1.29, 1.82) is 0 Å². The number of aliphatic imine (C=N–C) groups is 2. The molecule has 0 saturated carbocycles. The van der Waals surface area contributed by atoms with Crippen molar-refractivity contribution in [3.63, 3.8) is 0 Å². The van der Waals surface area contributed by atoms with E-state index in [4.69, 9.17) is 14.7 Å². The Bertz CT molecular complexity index is 3130. The maximum absolute atomic E-state index is 7.07. The molecule has 0 radical (unpaired) electrons. The second kappa shape index (κ2) is 12.5. The summed E-state index contributed by atoms with van der Waals surface area (Å²) in [6.07, 6.45) is 5.85. The molecule has 0 fully saturated rings. The normalized spacial score (nSPS) is 17.6. The zero-order valence-corrected chi connectivity index (χ0v) is 30.8. The number of nitrogens with one attached hydrogen (secondary N) is 1. The molecular formula is C51H35N5O. The monoisotopic (exact) mass is 733 g/mol. The van der Waals surface area contributed by atoms with Crippen molar-refractivity contribution in [3.8, 4) is 17.1 Å². The number of hydrogen-bond acceptors (Lipinski definition) is 4. The van der Waals surface area contributed by atoms with Crippen LogP contribution < -0.4 is 10.1 Å². The first-order valence-corrected chi connectivity index (χ1v) is 19.5. The SMILES string of the molecule is C1=CC2Oc3c(cccc3-n3c4ccccc4c4cc5c6ccccc6n(-c6ccccc6)c5cc43)C2C(C2N=C(c3ccccc3)NC(c3ccccc3)=N2)=C1. The van der Waals surface area contributed by atoms with Crippen LogP contribution in [0.2, 0.25) is 0 Å². The molecule has 57 heavy (non-hydrogen) atoms. The lowest BCUT2D eigenvalue weighted by atomic mass is 9.83. The Morgan fingerprint density at radius 2 is 1.09 bits per heavy atom. The number of amidine groups is 2. The number of fused-ring (bicyclic) bond motifs is 9. The Morgan fingerprint density at radius 1 is 0.509 bits per heavy atom. The van der Waals surface area contributed by atoms with Crippen molar-refractivity contribution in [2.75, 3.05) is 0 Å². The molecular weight excluding hydrogens is 699 g/mol. The summed E-state index contributed by atoms with van der Waals surface area (Å²) in [5.74, 6) is 2.44. The highest BCUT2D eigenvalue weighted by molar-refractivity contribution is 6.19. The van der Waals surface area contributed by atoms with Crippen LogP contribution in [0.4, 0.5) is 0 Å². The third-order valence-corrected chi connectivity index (χ3v) is 11.7. The number of benzene rings is 7. The molecule has 0 spiro atoms. The van der Waals surface area contributed by atoms with Gasteiger partial charge < -0.3 is 19.2 Å². The molecule has 4 heterocycles. The van der Waals surface area contributed by atoms with Gasteiger partial charge >= 0.3 is 0 Å². The van der Waals surface area contributed by atoms with Crippen LogP contribution in [-0.4, -0.2) is 33.1 Å². The summed E-state index contributed by atoms with van der Waals surface area (Å²) in [5, 5.41) is 8.44. The quantitative estimate of drug-likeness (QED) is 0.191. The highest BCUT2D eigenvalue weighted by atomic mass is 16.5. The molecule has 9 aromatic rings. The Labute approximate surface area is 329 Å². The third-order valence-electron chi connectivity index (χ3n) is 11.7. The number of rotatable bonds is 5. The minimum atomic E-state index is -0.436. The molecule has 0 saturated heterocycles. The van der Waals surface area contributed by atoms with Crippen LogP contribution in [0.3, 0.4) is 0 Å². The first-order valence-electron chi connectivity index (χ1n) is 19.5. The fourth-order valence-corrected chi connectivity index (χ4v) is 9.25. The van der Waals surface area contributed by atoms with Crippen molar-refractivity contribution in [3.05, 3.63) is 210 Å². The Hall–Kier alpha value is -7.44. The first-order chi connectivity index (χ1) is 28.3. The van der Waals surface area contributed by atoms with Crippen molar-refractivity contribution in [2.45, 2.75) is 18.2 Å². The van der Waals surface area contributed by atoms with Gasteiger partial charge in [-0.1, -0.05) is 140 Å². The molecule has 0 amide bonds. The van der Waals surface area contributed by atoms with Crippen LogP contribution in [-0.2, 0) is 0 Å². The second-order valence-electron chi connectivity index (χ2n) is 14.9. The molecule has 2 atom stereocenters. The smallest absolute Gasteiger partial charge is 0.166 e. The van der Waals surface area contributed by atoms with Crippen LogP contribution >= 0.6 is 0 Å². The molecule has 6 heteroatoms. The predicted molar refractivity (Wildman–Crippen MR) is 232 cm³/mol. The molecule has 0 bridgehead atoms. The van der Waals surface area contributed by atoms with Gasteiger partial charge in [-0.15, -0.1) is 0 Å². The van der Waals surface area contributed by atoms with Crippen molar-refractivity contribution < 1.29 is 4.74 Å². The average molecular weight is 734 g/mol. The maximum atomic E-state index is 7.07. The van der Waals surface area contributed by atoms with Gasteiger partial charge in [-0.3, -0.25) is 0 Å². The first kappa shape index (κ1) is 31.9. The fraction of sp³-hybridized carbons (Fsp3) is 0.0588. The van der Waals surface area contributed by atoms with Gasteiger partial charge in [0.2, 0.25) is 0 Å². The molecule has 12 rings (SSSR count). The van der Waals surface area contributed by atoms with Crippen LogP contribution in [0, 0.1) is 0 Å². The molecule has 1 N–H and O–H groups in total. The maximum Gasteiger partial charge on any atom is 0.166 e. The summed E-state index contributed by atoms with van der Waals surface area (Å²) in [4.78, 5) is 10.5. The predicted octanol–water partition coefficient (Wildman–Crippen LogP) is 11.0. The lowest BCUT2D eigenvalue weighted by Crippen LogP contribution is -2.39. The third kappa shape index (κ3) is 4.90. The van der Waals surface area contributed by atoms with Gasteiger partial charge in [-0.25, -0.2) is 9.98 Å². The lowest BCUT2D eigenvalue weighted by Gasteiger charge is -2.29. The van der Waals surface area contributed by atoms with Gasteiger partial charge in [0.25, 0.3) is 0 Å². The summed E-state index contributed by atoms with van der Waals surface area (Å²) < 4.78 is 11.9. The Morgan fingerprint density at radius 3 is 1.75 bits per heavy atom. The molecule has 2 aliphatic heterocycles. The van der Waals surface area contributed by atoms with Crippen molar-refractivity contribution in [1.82, 2.24) is 14.5 Å². The van der Waals surface area contributed by atoms with Crippen LogP contribution in [0.15, 0.2) is 204 Å². The number of nitrogens with zero attached hydrogens (tertiary/aromatic N) is 4. The molecule has 2 aromatic heterocycles. The van der Waals surface area contributed by atoms with E-state index in [2.05, 4.69) is 166 Å². The van der Waals surface area contributed by atoms with Crippen LogP contribution in [0.5, 0.6) is 5.75 Å². The molecule has 6 nitrogen and oxygen atoms in total. The summed E-state index contributed by atoms with van der Waals surface area (Å²) >= 11 is 0. The molecule has 2 unspecified atom stereocenters. The molecule has 270 valence electrons. The Kier molecular flexibility index (Phi) is 7.01. The number of allylic oxidation sites excluding steroid dienone is 2. The molecule has 1 aliphatic carbocycles. The molecule has 3 aliphatic rings. The van der Waals surface area contributed by atoms with E-state index in [-0.39, 0.29) is 12.0 Å². The summed E-state index contributed by atoms with van der Waals surface area (Å²) in [7, 11) is 0. The van der Waals surface area contributed by atoms with E-state index < -0.39 is 6.17 Å². The van der Waals surface area contributed by atoms with E-state index in [1.165, 1.54) is 32.6 Å². The second-order valence-corrected chi connectivity index (χ2v) is 14.9. The van der Waals surface area contributed by atoms with Crippen LogP contribution in [0.25, 0.3) is 55.0 Å². The van der Waals surface area contributed by atoms with E-state index in [0.29, 0.717) is 0 Å². The minimum absolute atomic E-state index is 0.0602. The van der Waals surface area contributed by atoms with E-state index in [1.807, 2.05) is 36.4 Å². The van der Waals surface area contributed by atoms with Crippen molar-refractivity contribution >= 4 is 55.3 Å². The van der Waals surface area contributed by atoms with E-state index in [0.717, 1.165) is 62.1 Å². The van der Waals surface area contributed by atoms with E-state index in [9.17, 15) is 0 Å². The average Bonchev–Trinajstić information content (AvgIpc) is 3.94. The van der Waals surface area contributed by atoms with E-state index in [1.54, 1.807) is 0 Å². The topological polar surface area (TPSA) is 55.8 Å². The van der Waals surface area contributed by atoms with Gasteiger partial charge in [0.1, 0.15) is 23.5 Å². The minimum Gasteiger partial charge on any atom is -0.483 e. The van der Waals surface area contributed by atoms with Gasteiger partial charge in [-0.2, -0.15) is 0 Å². The largest absolute Gasteiger partial charge is 0.483 e. The number of hydrogen-bond donors (Lipinski definition) is 1. The highest BCUT2D eigenvalue weighted by Crippen LogP contribution is 2.50. The highest BCUT2D eigenvalue weighted by Gasteiger charge is 2.42. The zero-order chi connectivity index (χ0) is 37.5. The summed E-state index contributed by atoms with van der Waals surface area (Å²) in [5.41, 5.74) is 11.1. The standard InChI is InChI=1S/C51H35N5O/c1-4-16-32(17-5-1)49-52-50(33-18-6-2-7-19-33)54-51(53-49)38-25-15-29-46-47(38)37-24-14-28-43(48(37)57-46)56-42-27-13-11-23-36(42)40-30-39-35-22-10-12-26-41(35)55(44(39)31-45(40)56)34-20-8-3-9-21-34/h1-31,46-47,51H,(H,52,53,54). The number of aromatic nitrogens is 2. The van der Waals surface area contributed by atoms with Gasteiger partial charge in [0.15, 0.2) is 6.17 Å². The molecule has 7 aromatic carbocycles. The fourth-order valence-electron chi connectivity index (χ4n) is 9.25. The van der Waals surface area contributed by atoms with E-state index >= 15 is 0 Å². The summed E-state index contributed by atoms with van der Waals surface area (Å²) in [6, 6.07) is 60.1.